The average Bonchev–Trinajstić information content (AvgIpc) is 2.83. The summed E-state index contributed by atoms with van der Waals surface area (Å²) in [6.07, 6.45) is 0.305. The molecule has 194 valence electrons. The number of hydrazone groups is 1. The number of nitrogens with one attached hydrogen (secondary N) is 1. The van der Waals surface area contributed by atoms with Gasteiger partial charge >= 0.3 is 0 Å². The molecule has 1 unspecified atom stereocenters. The number of halogens is 3. The minimum atomic E-state index is -1.46. The maximum Gasteiger partial charge on any atom is 0.243 e. The fourth-order valence-electron chi connectivity index (χ4n) is 3.79. The molecule has 0 fully saturated rings. The first-order valence-electron chi connectivity index (χ1n) is 11.5. The van der Waals surface area contributed by atoms with E-state index >= 15 is 8.78 Å². The van der Waals surface area contributed by atoms with Gasteiger partial charge in [-0.1, -0.05) is 39.8 Å². The second kappa shape index (κ2) is 10.6. The van der Waals surface area contributed by atoms with Crippen LogP contribution in [0, 0.1) is 28.8 Å². The zero-order valence-corrected chi connectivity index (χ0v) is 21.2. The van der Waals surface area contributed by atoms with Crippen molar-refractivity contribution in [3.63, 3.8) is 0 Å². The van der Waals surface area contributed by atoms with Gasteiger partial charge < -0.3 is 14.8 Å². The van der Waals surface area contributed by atoms with Gasteiger partial charge in [0.1, 0.15) is 0 Å². The zero-order chi connectivity index (χ0) is 26.8. The second-order valence-corrected chi connectivity index (χ2v) is 9.53. The standard InChI is InChI=1S/C26H30F3N3O4/c1-7-15-12-17(33)32(13-14-8-10-16(11-9-14)30-25(34)26(2,3)4)31-22(15)18-19(27)21(29)24(36-6)23(35-5)20(18)28/h8-11,15H,7,12-13H2,1-6H3,(H,30,34). The number of amides is 2. The van der Waals surface area contributed by atoms with Gasteiger partial charge in [0.25, 0.3) is 0 Å². The lowest BCUT2D eigenvalue weighted by molar-refractivity contribution is -0.133. The van der Waals surface area contributed by atoms with Gasteiger partial charge in [0.2, 0.25) is 29.1 Å². The minimum Gasteiger partial charge on any atom is -0.490 e. The molecule has 36 heavy (non-hydrogen) atoms. The Bertz CT molecular complexity index is 1190. The van der Waals surface area contributed by atoms with E-state index in [1.54, 1.807) is 52.0 Å². The molecular weight excluding hydrogens is 475 g/mol. The van der Waals surface area contributed by atoms with Crippen molar-refractivity contribution in [1.29, 1.82) is 0 Å². The van der Waals surface area contributed by atoms with Gasteiger partial charge in [0.05, 0.1) is 32.0 Å². The summed E-state index contributed by atoms with van der Waals surface area (Å²) in [5.74, 6) is -6.39. The third-order valence-electron chi connectivity index (χ3n) is 5.94. The van der Waals surface area contributed by atoms with E-state index in [4.69, 9.17) is 9.47 Å². The lowest BCUT2D eigenvalue weighted by atomic mass is 9.89. The summed E-state index contributed by atoms with van der Waals surface area (Å²) in [6, 6.07) is 6.81. The van der Waals surface area contributed by atoms with E-state index < -0.39 is 45.8 Å². The van der Waals surface area contributed by atoms with Crippen molar-refractivity contribution in [1.82, 2.24) is 5.01 Å². The van der Waals surface area contributed by atoms with Gasteiger partial charge in [-0.25, -0.2) is 13.8 Å². The number of benzene rings is 2. The van der Waals surface area contributed by atoms with Gasteiger partial charge in [0.15, 0.2) is 11.6 Å². The first kappa shape index (κ1) is 27.0. The van der Waals surface area contributed by atoms with Crippen LogP contribution < -0.4 is 14.8 Å². The molecule has 2 aromatic rings. The Morgan fingerprint density at radius 3 is 2.17 bits per heavy atom. The van der Waals surface area contributed by atoms with E-state index in [0.29, 0.717) is 17.7 Å². The highest BCUT2D eigenvalue weighted by Crippen LogP contribution is 2.39. The Kier molecular flexibility index (Phi) is 7.96. The molecule has 1 heterocycles. The van der Waals surface area contributed by atoms with Crippen molar-refractivity contribution in [3.8, 4) is 11.5 Å². The van der Waals surface area contributed by atoms with Crippen LogP contribution in [0.1, 0.15) is 51.7 Å². The third kappa shape index (κ3) is 5.32. The molecule has 0 saturated carbocycles. The van der Waals surface area contributed by atoms with Crippen LogP contribution >= 0.6 is 0 Å². The highest BCUT2D eigenvalue weighted by Gasteiger charge is 2.36. The number of carbonyl (C=O) groups excluding carboxylic acids is 2. The molecule has 0 spiro atoms. The van der Waals surface area contributed by atoms with Crippen molar-refractivity contribution in [2.75, 3.05) is 19.5 Å². The molecule has 1 atom stereocenters. The number of carbonyl (C=O) groups is 2. The largest absolute Gasteiger partial charge is 0.490 e. The summed E-state index contributed by atoms with van der Waals surface area (Å²) in [6.45, 7) is 7.17. The Balaban J connectivity index is 1.97. The molecule has 2 amide bonds. The molecule has 1 aliphatic rings. The van der Waals surface area contributed by atoms with Crippen molar-refractivity contribution in [2.24, 2.45) is 16.4 Å². The minimum absolute atomic E-state index is 0.0191. The molecule has 0 saturated heterocycles. The fraction of sp³-hybridized carbons (Fsp3) is 0.423. The molecule has 1 N–H and O–H groups in total. The molecule has 0 radical (unpaired) electrons. The Morgan fingerprint density at radius 2 is 1.64 bits per heavy atom. The average molecular weight is 506 g/mol. The van der Waals surface area contributed by atoms with Gasteiger partial charge in [-0.3, -0.25) is 9.59 Å². The predicted molar refractivity (Wildman–Crippen MR) is 129 cm³/mol. The molecule has 10 heteroatoms. The van der Waals surface area contributed by atoms with Crippen molar-refractivity contribution in [2.45, 2.75) is 47.1 Å². The fourth-order valence-corrected chi connectivity index (χ4v) is 3.79. The number of hydrogen-bond acceptors (Lipinski definition) is 5. The molecule has 0 bridgehead atoms. The maximum absolute atomic E-state index is 15.3. The number of methoxy groups -OCH3 is 2. The Morgan fingerprint density at radius 1 is 1.06 bits per heavy atom. The maximum atomic E-state index is 15.3. The quantitative estimate of drug-likeness (QED) is 0.520. The number of ether oxygens (including phenoxy) is 2. The first-order valence-corrected chi connectivity index (χ1v) is 11.5. The number of anilines is 1. The summed E-state index contributed by atoms with van der Waals surface area (Å²) >= 11 is 0. The molecule has 1 aliphatic heterocycles. The van der Waals surface area contributed by atoms with Crippen molar-refractivity contribution >= 4 is 23.2 Å². The molecule has 2 aromatic carbocycles. The second-order valence-electron chi connectivity index (χ2n) is 9.53. The number of nitrogens with zero attached hydrogens (tertiary/aromatic N) is 2. The van der Waals surface area contributed by atoms with E-state index in [1.165, 1.54) is 0 Å². The lowest BCUT2D eigenvalue weighted by Gasteiger charge is -2.30. The van der Waals surface area contributed by atoms with E-state index in [9.17, 15) is 14.0 Å². The van der Waals surface area contributed by atoms with Crippen LogP contribution in [0.4, 0.5) is 18.9 Å². The zero-order valence-electron chi connectivity index (χ0n) is 21.2. The van der Waals surface area contributed by atoms with Crippen molar-refractivity contribution < 1.29 is 32.2 Å². The topological polar surface area (TPSA) is 80.2 Å². The van der Waals surface area contributed by atoms with Crippen LogP contribution in [0.15, 0.2) is 29.4 Å². The summed E-state index contributed by atoms with van der Waals surface area (Å²) < 4.78 is 54.7. The highest BCUT2D eigenvalue weighted by molar-refractivity contribution is 6.06. The van der Waals surface area contributed by atoms with Crippen LogP contribution in [0.2, 0.25) is 0 Å². The predicted octanol–water partition coefficient (Wildman–Crippen LogP) is 5.27. The molecule has 0 aromatic heterocycles. The summed E-state index contributed by atoms with van der Waals surface area (Å²) in [5.41, 5.74) is -0.0669. The monoisotopic (exact) mass is 505 g/mol. The van der Waals surface area contributed by atoms with Gasteiger partial charge in [-0.15, -0.1) is 0 Å². The summed E-state index contributed by atoms with van der Waals surface area (Å²) in [4.78, 5) is 25.0. The van der Waals surface area contributed by atoms with Crippen LogP contribution in [0.25, 0.3) is 0 Å². The van der Waals surface area contributed by atoms with Gasteiger partial charge in [-0.2, -0.15) is 9.49 Å². The smallest absolute Gasteiger partial charge is 0.243 e. The van der Waals surface area contributed by atoms with E-state index in [2.05, 4.69) is 10.4 Å². The molecular formula is C26H30F3N3O4. The Hall–Kier alpha value is -3.56. The molecule has 7 nitrogen and oxygen atoms in total. The molecule has 3 rings (SSSR count). The van der Waals surface area contributed by atoms with Crippen LogP contribution in [-0.2, 0) is 16.1 Å². The normalized spacial score (nSPS) is 16.0. The SMILES string of the molecule is CCC1CC(=O)N(Cc2ccc(NC(=O)C(C)(C)C)cc2)N=C1c1c(F)c(F)c(OC)c(OC)c1F. The highest BCUT2D eigenvalue weighted by atomic mass is 19.2. The van der Waals surface area contributed by atoms with Crippen LogP contribution in [-0.4, -0.2) is 36.8 Å². The van der Waals surface area contributed by atoms with E-state index in [-0.39, 0.29) is 30.5 Å². The van der Waals surface area contributed by atoms with Crippen LogP contribution in [0.5, 0.6) is 11.5 Å². The summed E-state index contributed by atoms with van der Waals surface area (Å²) in [5, 5.41) is 8.19. The molecule has 0 aliphatic carbocycles. The van der Waals surface area contributed by atoms with Crippen molar-refractivity contribution in [3.05, 3.63) is 52.8 Å². The van der Waals surface area contributed by atoms with Gasteiger partial charge in [-0.05, 0) is 24.1 Å². The van der Waals surface area contributed by atoms with Gasteiger partial charge in [0, 0.05) is 23.4 Å². The number of rotatable bonds is 7. The first-order chi connectivity index (χ1) is 16.9. The lowest BCUT2D eigenvalue weighted by Crippen LogP contribution is -2.37. The number of hydrogen-bond donors (Lipinski definition) is 1. The third-order valence-corrected chi connectivity index (χ3v) is 5.94. The van der Waals surface area contributed by atoms with E-state index in [0.717, 1.165) is 19.2 Å². The summed E-state index contributed by atoms with van der Waals surface area (Å²) in [7, 11) is 2.19. The van der Waals surface area contributed by atoms with Crippen LogP contribution in [0.3, 0.4) is 0 Å². The van der Waals surface area contributed by atoms with E-state index in [1.807, 2.05) is 0 Å². The Labute approximate surface area is 208 Å².